The Kier molecular flexibility index (Phi) is 5.00. The third kappa shape index (κ3) is 3.40. The summed E-state index contributed by atoms with van der Waals surface area (Å²) in [6, 6.07) is 16.2. The number of amides is 1. The van der Waals surface area contributed by atoms with Crippen molar-refractivity contribution >= 4 is 24.3 Å². The number of nitrogens with zero attached hydrogens (tertiary/aromatic N) is 1. The molecule has 1 atom stereocenters. The lowest BCUT2D eigenvalue weighted by molar-refractivity contribution is -0.131. The molecule has 2 aromatic carbocycles. The summed E-state index contributed by atoms with van der Waals surface area (Å²) in [6.07, 6.45) is 6.91. The zero-order chi connectivity index (χ0) is 21.6. The van der Waals surface area contributed by atoms with E-state index >= 15 is 0 Å². The number of carbonyl (C=O) groups excluding carboxylic acids is 2. The van der Waals surface area contributed by atoms with Gasteiger partial charge in [-0.3, -0.25) is 4.79 Å². The minimum Gasteiger partial charge on any atom is -0.509 e. The minimum atomic E-state index is -0.846. The van der Waals surface area contributed by atoms with E-state index in [0.29, 0.717) is 18.9 Å². The molecular formula is C26H28BNO3. The van der Waals surface area contributed by atoms with Crippen LogP contribution < -0.4 is 5.46 Å². The van der Waals surface area contributed by atoms with Gasteiger partial charge in [0.15, 0.2) is 0 Å². The second-order valence-electron chi connectivity index (χ2n) is 9.51. The lowest BCUT2D eigenvalue weighted by Gasteiger charge is -2.40. The van der Waals surface area contributed by atoms with E-state index in [1.54, 1.807) is 4.90 Å². The number of hydrogen-bond donors (Lipinski definition) is 1. The lowest BCUT2D eigenvalue weighted by Crippen LogP contribution is -2.50. The summed E-state index contributed by atoms with van der Waals surface area (Å²) in [4.78, 5) is 27.9. The topological polar surface area (TPSA) is 57.6 Å². The summed E-state index contributed by atoms with van der Waals surface area (Å²) >= 11 is 0. The van der Waals surface area contributed by atoms with Crippen LogP contribution in [0.25, 0.3) is 0 Å². The highest BCUT2D eigenvalue weighted by atomic mass is 16.3. The van der Waals surface area contributed by atoms with Gasteiger partial charge in [0.25, 0.3) is 5.91 Å². The van der Waals surface area contributed by atoms with Gasteiger partial charge in [0, 0.05) is 13.0 Å². The van der Waals surface area contributed by atoms with Crippen molar-refractivity contribution in [1.29, 1.82) is 0 Å². The third-order valence-electron chi connectivity index (χ3n) is 7.48. The van der Waals surface area contributed by atoms with E-state index in [0.717, 1.165) is 16.6 Å². The molecule has 0 aromatic heterocycles. The third-order valence-corrected chi connectivity index (χ3v) is 7.48. The molecule has 0 radical (unpaired) electrons. The van der Waals surface area contributed by atoms with Gasteiger partial charge in [-0.2, -0.15) is 0 Å². The molecule has 1 unspecified atom stereocenters. The van der Waals surface area contributed by atoms with Gasteiger partial charge in [-0.15, -0.1) is 0 Å². The first-order chi connectivity index (χ1) is 15.0. The summed E-state index contributed by atoms with van der Waals surface area (Å²) in [5, 5.41) is 11.0. The van der Waals surface area contributed by atoms with E-state index in [4.69, 9.17) is 0 Å². The Morgan fingerprint density at radius 1 is 1.03 bits per heavy atom. The summed E-state index contributed by atoms with van der Waals surface area (Å²) in [5.74, 6) is 0.202. The van der Waals surface area contributed by atoms with Gasteiger partial charge in [-0.05, 0) is 42.4 Å². The van der Waals surface area contributed by atoms with Gasteiger partial charge in [-0.25, -0.2) is 0 Å². The number of benzene rings is 2. The molecule has 2 aliphatic heterocycles. The predicted octanol–water partition coefficient (Wildman–Crippen LogP) is 3.49. The van der Waals surface area contributed by atoms with Gasteiger partial charge in [-0.1, -0.05) is 73.3 Å². The van der Waals surface area contributed by atoms with Gasteiger partial charge < -0.3 is 14.8 Å². The van der Waals surface area contributed by atoms with E-state index < -0.39 is 5.54 Å². The van der Waals surface area contributed by atoms with Gasteiger partial charge >= 0.3 is 0 Å². The molecule has 3 aliphatic rings. The van der Waals surface area contributed by atoms with Gasteiger partial charge in [0.2, 0.25) is 7.28 Å². The second kappa shape index (κ2) is 7.70. The molecule has 1 saturated carbocycles. The molecule has 2 heterocycles. The smallest absolute Gasteiger partial charge is 0.261 e. The summed E-state index contributed by atoms with van der Waals surface area (Å²) in [5.41, 5.74) is 3.25. The molecule has 31 heavy (non-hydrogen) atoms. The van der Waals surface area contributed by atoms with Crippen molar-refractivity contribution in [2.75, 3.05) is 0 Å². The molecule has 1 N–H and O–H groups in total. The quantitative estimate of drug-likeness (QED) is 0.617. The number of rotatable bonds is 4. The Morgan fingerprint density at radius 2 is 1.71 bits per heavy atom. The molecule has 1 fully saturated rings. The van der Waals surface area contributed by atoms with E-state index in [9.17, 15) is 14.7 Å². The van der Waals surface area contributed by atoms with Crippen LogP contribution in [0.2, 0.25) is 0 Å². The second-order valence-corrected chi connectivity index (χ2v) is 9.51. The molecule has 2 aromatic rings. The minimum absolute atomic E-state index is 0.0355. The van der Waals surface area contributed by atoms with Crippen molar-refractivity contribution < 1.29 is 14.7 Å². The highest BCUT2D eigenvalue weighted by Crippen LogP contribution is 2.42. The van der Waals surface area contributed by atoms with Crippen LogP contribution in [-0.4, -0.2) is 34.4 Å². The molecule has 1 aliphatic carbocycles. The van der Waals surface area contributed by atoms with Crippen LogP contribution >= 0.6 is 0 Å². The van der Waals surface area contributed by atoms with Crippen LogP contribution in [0.1, 0.15) is 61.6 Å². The van der Waals surface area contributed by atoms with E-state index in [1.807, 2.05) is 43.3 Å². The molecule has 4 nitrogen and oxygen atoms in total. The van der Waals surface area contributed by atoms with Crippen molar-refractivity contribution in [2.24, 2.45) is 0 Å². The molecule has 0 bridgehead atoms. The molecule has 1 amide bonds. The molecule has 158 valence electrons. The molecular weight excluding hydrogens is 385 g/mol. The fraction of sp³-hybridized carbons (Fsp3) is 0.385. The molecule has 0 spiro atoms. The number of hydrogen-bond acceptors (Lipinski definition) is 3. The van der Waals surface area contributed by atoms with Gasteiger partial charge in [0.05, 0.1) is 0 Å². The SMILES string of the molecule is CC12Cc3ccccc3CN1C(=O)C(C(=O)Bc1ccc(C3CCCCC3)cc1)=C2O. The maximum Gasteiger partial charge on any atom is 0.261 e. The van der Waals surface area contributed by atoms with Crippen molar-refractivity contribution in [3.63, 3.8) is 0 Å². The first-order valence-corrected chi connectivity index (χ1v) is 11.4. The average molecular weight is 413 g/mol. The van der Waals surface area contributed by atoms with E-state index in [1.165, 1.54) is 37.7 Å². The highest BCUT2D eigenvalue weighted by Gasteiger charge is 2.52. The lowest BCUT2D eigenvalue weighted by atomic mass is 9.63. The Labute approximate surface area is 184 Å². The maximum absolute atomic E-state index is 13.1. The first kappa shape index (κ1) is 20.1. The zero-order valence-corrected chi connectivity index (χ0v) is 18.1. The predicted molar refractivity (Wildman–Crippen MR) is 123 cm³/mol. The summed E-state index contributed by atoms with van der Waals surface area (Å²) in [6.45, 7) is 2.28. The Morgan fingerprint density at radius 3 is 2.42 bits per heavy atom. The highest BCUT2D eigenvalue weighted by molar-refractivity contribution is 6.88. The molecule has 5 heteroatoms. The molecule has 0 saturated heterocycles. The normalized spacial score (nSPS) is 23.5. The fourth-order valence-electron chi connectivity index (χ4n) is 5.58. The summed E-state index contributed by atoms with van der Waals surface area (Å²) in [7, 11) is 0.132. The standard InChI is InChI=1S/C26H28BNO3/c1-26-15-19-9-5-6-10-20(19)16-28(26)25(31)22(23(26)29)24(30)27-21-13-11-18(12-14-21)17-7-3-2-4-8-17/h5-6,9-14,17,27,29H,2-4,7-8,15-16H2,1H3. The van der Waals surface area contributed by atoms with Crippen molar-refractivity contribution in [2.45, 2.75) is 63.5 Å². The van der Waals surface area contributed by atoms with Crippen LogP contribution in [-0.2, 0) is 22.6 Å². The van der Waals surface area contributed by atoms with Crippen molar-refractivity contribution in [3.05, 3.63) is 76.6 Å². The van der Waals surface area contributed by atoms with Crippen molar-refractivity contribution in [3.8, 4) is 0 Å². The molecule has 5 rings (SSSR count). The van der Waals surface area contributed by atoms with Crippen LogP contribution in [0.15, 0.2) is 59.9 Å². The zero-order valence-electron chi connectivity index (χ0n) is 18.1. The van der Waals surface area contributed by atoms with Crippen LogP contribution in [0.5, 0.6) is 0 Å². The van der Waals surface area contributed by atoms with Crippen LogP contribution in [0, 0.1) is 0 Å². The van der Waals surface area contributed by atoms with Crippen molar-refractivity contribution in [1.82, 2.24) is 4.90 Å². The average Bonchev–Trinajstić information content (AvgIpc) is 2.98. The first-order valence-electron chi connectivity index (χ1n) is 11.4. The Balaban J connectivity index is 1.35. The van der Waals surface area contributed by atoms with Crippen LogP contribution in [0.4, 0.5) is 0 Å². The number of carbonyl (C=O) groups is 2. The van der Waals surface area contributed by atoms with E-state index in [2.05, 4.69) is 12.1 Å². The monoisotopic (exact) mass is 413 g/mol. The number of fused-ring (bicyclic) bond motifs is 2. The maximum atomic E-state index is 13.1. The number of aliphatic hydroxyl groups excluding tert-OH is 1. The van der Waals surface area contributed by atoms with E-state index in [-0.39, 0.29) is 30.2 Å². The van der Waals surface area contributed by atoms with Gasteiger partial charge in [0.1, 0.15) is 22.6 Å². The summed E-state index contributed by atoms with van der Waals surface area (Å²) < 4.78 is 0. The van der Waals surface area contributed by atoms with Crippen LogP contribution in [0.3, 0.4) is 0 Å². The largest absolute Gasteiger partial charge is 0.509 e. The number of aliphatic hydroxyl groups is 1. The Hall–Kier alpha value is -2.82. The fourth-order valence-corrected chi connectivity index (χ4v) is 5.58. The Bertz CT molecular complexity index is 1070.